The molecule has 0 bridgehead atoms. The largest absolute Gasteiger partial charge is 0.306 e. The Bertz CT molecular complexity index is 452. The third kappa shape index (κ3) is 3.41. The van der Waals surface area contributed by atoms with Crippen molar-refractivity contribution in [2.75, 3.05) is 14.1 Å². The molecule has 2 atom stereocenters. The summed E-state index contributed by atoms with van der Waals surface area (Å²) in [4.78, 5) is 2.28. The highest BCUT2D eigenvalue weighted by Gasteiger charge is 2.43. The summed E-state index contributed by atoms with van der Waals surface area (Å²) in [5.41, 5.74) is 2.91. The molecule has 0 N–H and O–H groups in total. The second kappa shape index (κ2) is 7.45. The van der Waals surface area contributed by atoms with E-state index in [9.17, 15) is 0 Å². The summed E-state index contributed by atoms with van der Waals surface area (Å²) in [5.74, 6) is 1.45. The maximum atomic E-state index is 2.31. The van der Waals surface area contributed by atoms with Gasteiger partial charge in [0.05, 0.1) is 0 Å². The molecule has 0 heterocycles. The number of hydrogen-bond donors (Lipinski definition) is 0. The molecule has 0 spiro atoms. The Balaban J connectivity index is 1.88. The summed E-state index contributed by atoms with van der Waals surface area (Å²) < 4.78 is 0. The van der Waals surface area contributed by atoms with Gasteiger partial charge in [0, 0.05) is 23.3 Å². The normalized spacial score (nSPS) is 24.2. The third-order valence-electron chi connectivity index (χ3n) is 4.21. The van der Waals surface area contributed by atoms with Crippen molar-refractivity contribution in [2.24, 2.45) is 0 Å². The standard InChI is InChI=1S/C20H22NP/c1-16(21(2)3)19-14-9-15-20(19)22(18-12-7-8-13-18)17-10-5-4-6-11-17/h4-16H,1-3H3. The lowest BCUT2D eigenvalue weighted by Crippen LogP contribution is -2.33. The minimum Gasteiger partial charge on any atom is -0.306 e. The molecule has 2 unspecified atom stereocenters. The van der Waals surface area contributed by atoms with Crippen LogP contribution in [0, 0.1) is 62.2 Å². The van der Waals surface area contributed by atoms with Crippen LogP contribution in [-0.4, -0.2) is 25.0 Å². The molecule has 0 aliphatic heterocycles. The monoisotopic (exact) mass is 307 g/mol. The Morgan fingerprint density at radius 2 is 1.55 bits per heavy atom. The first-order valence-corrected chi connectivity index (χ1v) is 9.01. The fourth-order valence-electron chi connectivity index (χ4n) is 2.78. The van der Waals surface area contributed by atoms with Crippen LogP contribution < -0.4 is 5.30 Å². The van der Waals surface area contributed by atoms with E-state index in [1.165, 1.54) is 22.5 Å². The third-order valence-corrected chi connectivity index (χ3v) is 6.73. The van der Waals surface area contributed by atoms with Gasteiger partial charge in [-0.2, -0.15) is 0 Å². The molecular formula is C20H22NP. The van der Waals surface area contributed by atoms with Crippen molar-refractivity contribution in [3.63, 3.8) is 0 Å². The van der Waals surface area contributed by atoms with Crippen molar-refractivity contribution < 1.29 is 0 Å². The number of benzene rings is 1. The van der Waals surface area contributed by atoms with E-state index in [4.69, 9.17) is 0 Å². The van der Waals surface area contributed by atoms with Crippen LogP contribution in [-0.2, 0) is 0 Å². The summed E-state index contributed by atoms with van der Waals surface area (Å²) in [5, 5.41) is 1.42. The Labute approximate surface area is 138 Å². The van der Waals surface area contributed by atoms with Gasteiger partial charge in [-0.05, 0) is 71.3 Å². The molecule has 0 aromatic heterocycles. The minimum atomic E-state index is -0.477. The summed E-state index contributed by atoms with van der Waals surface area (Å²) in [6, 6.07) is 11.3. The van der Waals surface area contributed by atoms with Crippen LogP contribution in [0.1, 0.15) is 6.92 Å². The first kappa shape index (κ1) is 16.5. The van der Waals surface area contributed by atoms with Gasteiger partial charge in [0.2, 0.25) is 0 Å². The van der Waals surface area contributed by atoms with Crippen molar-refractivity contribution in [1.29, 1.82) is 0 Å². The predicted octanol–water partition coefficient (Wildman–Crippen LogP) is 3.84. The van der Waals surface area contributed by atoms with Crippen LogP contribution in [0.2, 0.25) is 0 Å². The molecule has 2 saturated carbocycles. The molecule has 2 aliphatic carbocycles. The number of rotatable bonds is 5. The SMILES string of the molecule is CC([C]1[CH][CH][CH][C]1P([C]1[CH][CH][CH][CH]1)c1ccccc1)N(C)C. The molecule has 2 heteroatoms. The van der Waals surface area contributed by atoms with Gasteiger partial charge in [-0.15, -0.1) is 0 Å². The van der Waals surface area contributed by atoms with Crippen LogP contribution in [0.3, 0.4) is 0 Å². The minimum absolute atomic E-state index is 0.425. The van der Waals surface area contributed by atoms with Gasteiger partial charge in [0.25, 0.3) is 0 Å². The zero-order valence-corrected chi connectivity index (χ0v) is 14.3. The molecule has 0 amide bonds. The lowest BCUT2D eigenvalue weighted by Gasteiger charge is -2.37. The Hall–Kier alpha value is -0.390. The molecule has 0 saturated heterocycles. The summed E-state index contributed by atoms with van der Waals surface area (Å²) in [6.07, 6.45) is 15.6. The number of nitrogens with zero attached hydrogens (tertiary/aromatic N) is 1. The maximum Gasteiger partial charge on any atom is 0.0173 e. The second-order valence-corrected chi connectivity index (χ2v) is 8.01. The zero-order chi connectivity index (χ0) is 15.5. The predicted molar refractivity (Wildman–Crippen MR) is 96.0 cm³/mol. The molecule has 3 rings (SSSR count). The molecule has 1 aromatic carbocycles. The van der Waals surface area contributed by atoms with Gasteiger partial charge in [0.1, 0.15) is 0 Å². The lowest BCUT2D eigenvalue weighted by atomic mass is 9.98. The van der Waals surface area contributed by atoms with E-state index < -0.39 is 7.92 Å². The van der Waals surface area contributed by atoms with Crippen LogP contribution in [0.4, 0.5) is 0 Å². The highest BCUT2D eigenvalue weighted by Crippen LogP contribution is 2.66. The molecule has 1 aromatic rings. The molecule has 112 valence electrons. The second-order valence-electron chi connectivity index (χ2n) is 5.82. The van der Waals surface area contributed by atoms with Crippen LogP contribution in [0.25, 0.3) is 0 Å². The molecule has 2 fully saturated rings. The zero-order valence-electron chi connectivity index (χ0n) is 13.4. The van der Waals surface area contributed by atoms with Crippen molar-refractivity contribution in [3.8, 4) is 0 Å². The summed E-state index contributed by atoms with van der Waals surface area (Å²) in [7, 11) is 3.82. The molecule has 10 radical (unpaired) electrons. The Morgan fingerprint density at radius 1 is 0.864 bits per heavy atom. The number of hydrogen-bond acceptors (Lipinski definition) is 1. The average Bonchev–Trinajstić information content (AvgIpc) is 3.20. The van der Waals surface area contributed by atoms with E-state index in [0.29, 0.717) is 6.04 Å². The average molecular weight is 307 g/mol. The van der Waals surface area contributed by atoms with Gasteiger partial charge in [0.15, 0.2) is 0 Å². The highest BCUT2D eigenvalue weighted by molar-refractivity contribution is 7.72. The molecule has 1 nitrogen and oxygen atoms in total. The van der Waals surface area contributed by atoms with Crippen LogP contribution >= 0.6 is 7.92 Å². The maximum absolute atomic E-state index is 2.31. The smallest absolute Gasteiger partial charge is 0.0173 e. The topological polar surface area (TPSA) is 3.24 Å². The lowest BCUT2D eigenvalue weighted by molar-refractivity contribution is 0.333. The molecular weight excluding hydrogens is 285 g/mol. The van der Waals surface area contributed by atoms with E-state index >= 15 is 0 Å². The van der Waals surface area contributed by atoms with E-state index in [1.54, 1.807) is 0 Å². The fraction of sp³-hybridized carbons (Fsp3) is 0.200. The summed E-state index contributed by atoms with van der Waals surface area (Å²) in [6.45, 7) is 2.28. The van der Waals surface area contributed by atoms with Gasteiger partial charge in [-0.25, -0.2) is 0 Å². The van der Waals surface area contributed by atoms with E-state index in [0.717, 1.165) is 0 Å². The van der Waals surface area contributed by atoms with E-state index in [1.807, 2.05) is 0 Å². The highest BCUT2D eigenvalue weighted by atomic mass is 31.1. The fourth-order valence-corrected chi connectivity index (χ4v) is 5.33. The summed E-state index contributed by atoms with van der Waals surface area (Å²) >= 11 is 0. The molecule has 2 aliphatic rings. The van der Waals surface area contributed by atoms with Crippen LogP contribution in [0.15, 0.2) is 30.3 Å². The Morgan fingerprint density at radius 3 is 2.18 bits per heavy atom. The first-order valence-electron chi connectivity index (χ1n) is 7.67. The van der Waals surface area contributed by atoms with Crippen molar-refractivity contribution >= 4 is 13.2 Å². The van der Waals surface area contributed by atoms with Gasteiger partial charge in [-0.3, -0.25) is 0 Å². The van der Waals surface area contributed by atoms with Crippen molar-refractivity contribution in [2.45, 2.75) is 13.0 Å². The van der Waals surface area contributed by atoms with Crippen LogP contribution in [0.5, 0.6) is 0 Å². The Kier molecular flexibility index (Phi) is 5.58. The molecule has 22 heavy (non-hydrogen) atoms. The van der Waals surface area contributed by atoms with Gasteiger partial charge < -0.3 is 4.90 Å². The van der Waals surface area contributed by atoms with Crippen molar-refractivity contribution in [1.82, 2.24) is 4.90 Å². The first-order chi connectivity index (χ1) is 10.7. The van der Waals surface area contributed by atoms with Gasteiger partial charge >= 0.3 is 0 Å². The van der Waals surface area contributed by atoms with Crippen molar-refractivity contribution in [3.05, 3.63) is 92.5 Å². The van der Waals surface area contributed by atoms with E-state index in [2.05, 4.69) is 101 Å². The van der Waals surface area contributed by atoms with E-state index in [-0.39, 0.29) is 0 Å². The quantitative estimate of drug-likeness (QED) is 0.747. The van der Waals surface area contributed by atoms with Gasteiger partial charge in [-0.1, -0.05) is 38.3 Å².